The lowest BCUT2D eigenvalue weighted by atomic mass is 10.3. The zero-order valence-electron chi connectivity index (χ0n) is 15.7. The van der Waals surface area contributed by atoms with Gasteiger partial charge >= 0.3 is 0 Å². The molecule has 1 aromatic carbocycles. The Morgan fingerprint density at radius 1 is 1.14 bits per heavy atom. The Hall–Kier alpha value is -2.08. The van der Waals surface area contributed by atoms with Gasteiger partial charge in [0.05, 0.1) is 24.6 Å². The highest BCUT2D eigenvalue weighted by Crippen LogP contribution is 2.18. The predicted molar refractivity (Wildman–Crippen MR) is 99.2 cm³/mol. The summed E-state index contributed by atoms with van der Waals surface area (Å²) in [5.41, 5.74) is 5.21. The van der Waals surface area contributed by atoms with Crippen LogP contribution in [0.15, 0.2) is 29.2 Å². The van der Waals surface area contributed by atoms with Gasteiger partial charge in [-0.05, 0) is 24.3 Å². The van der Waals surface area contributed by atoms with E-state index in [1.165, 1.54) is 23.5 Å². The summed E-state index contributed by atoms with van der Waals surface area (Å²) in [5, 5.41) is 0. The van der Waals surface area contributed by atoms with Gasteiger partial charge in [0.15, 0.2) is 0 Å². The maximum Gasteiger partial charge on any atom is 0.243 e. The second-order valence-electron chi connectivity index (χ2n) is 6.41. The van der Waals surface area contributed by atoms with Gasteiger partial charge in [-0.3, -0.25) is 14.5 Å². The number of nitrogens with zero attached hydrogens (tertiary/aromatic N) is 3. The molecule has 9 nitrogen and oxygen atoms in total. The van der Waals surface area contributed by atoms with Crippen LogP contribution in [0.5, 0.6) is 0 Å². The summed E-state index contributed by atoms with van der Waals surface area (Å²) in [7, 11) is -2.22. The number of carbonyl (C=O) groups is 2. The van der Waals surface area contributed by atoms with Gasteiger partial charge in [0, 0.05) is 39.8 Å². The summed E-state index contributed by atoms with van der Waals surface area (Å²) < 4.78 is 44.5. The minimum Gasteiger partial charge on any atom is -0.383 e. The number of benzene rings is 1. The van der Waals surface area contributed by atoms with E-state index in [9.17, 15) is 22.4 Å². The number of hydrogen-bond acceptors (Lipinski definition) is 6. The van der Waals surface area contributed by atoms with Crippen LogP contribution in [0.1, 0.15) is 0 Å². The van der Waals surface area contributed by atoms with E-state index in [0.29, 0.717) is 13.2 Å². The van der Waals surface area contributed by atoms with Crippen LogP contribution in [-0.2, 0) is 24.3 Å². The van der Waals surface area contributed by atoms with Crippen LogP contribution in [-0.4, -0.2) is 93.9 Å². The molecule has 2 rings (SSSR count). The summed E-state index contributed by atoms with van der Waals surface area (Å²) in [5.74, 6) is -1.27. The summed E-state index contributed by atoms with van der Waals surface area (Å²) in [6.45, 7) is 1.40. The Balaban J connectivity index is 1.93. The first kappa shape index (κ1) is 22.2. The number of primary amides is 1. The molecular formula is C17H25FN4O5S. The number of rotatable bonds is 9. The minimum atomic E-state index is -3.74. The monoisotopic (exact) mass is 416 g/mol. The molecule has 1 aliphatic rings. The number of halogens is 1. The van der Waals surface area contributed by atoms with Crippen molar-refractivity contribution in [2.45, 2.75) is 4.90 Å². The van der Waals surface area contributed by atoms with Gasteiger partial charge in [-0.25, -0.2) is 12.8 Å². The van der Waals surface area contributed by atoms with E-state index in [0.717, 1.165) is 12.1 Å². The van der Waals surface area contributed by atoms with Crippen LogP contribution in [0.2, 0.25) is 0 Å². The Morgan fingerprint density at radius 3 is 2.29 bits per heavy atom. The number of nitrogens with two attached hydrogens (primary N) is 1. The van der Waals surface area contributed by atoms with Crippen molar-refractivity contribution in [1.29, 1.82) is 0 Å². The predicted octanol–water partition coefficient (Wildman–Crippen LogP) is -0.908. The lowest BCUT2D eigenvalue weighted by Crippen LogP contribution is -2.53. The zero-order valence-corrected chi connectivity index (χ0v) is 16.5. The molecule has 2 N–H and O–H groups in total. The Labute approximate surface area is 163 Å². The van der Waals surface area contributed by atoms with Gasteiger partial charge in [-0.2, -0.15) is 4.31 Å². The van der Waals surface area contributed by atoms with Crippen molar-refractivity contribution in [3.05, 3.63) is 30.1 Å². The molecule has 0 bridgehead atoms. The lowest BCUT2D eigenvalue weighted by molar-refractivity contribution is -0.134. The molecule has 1 heterocycles. The molecule has 0 aliphatic carbocycles. The zero-order chi connectivity index (χ0) is 20.7. The SMILES string of the molecule is COCCN(CC(N)=O)CC(=O)N1CCN(S(=O)(=O)c2ccc(F)cc2)CC1. The first-order valence-corrected chi connectivity index (χ1v) is 10.2. The molecule has 1 fully saturated rings. The summed E-state index contributed by atoms with van der Waals surface area (Å²) in [4.78, 5) is 26.8. The summed E-state index contributed by atoms with van der Waals surface area (Å²) >= 11 is 0. The standard InChI is InChI=1S/C17H25FN4O5S/c1-27-11-10-20(12-16(19)23)13-17(24)21-6-8-22(9-7-21)28(25,26)15-4-2-14(18)3-5-15/h2-5H,6-13H2,1H3,(H2,19,23). The van der Waals surface area contributed by atoms with E-state index in [4.69, 9.17) is 10.5 Å². The van der Waals surface area contributed by atoms with Crippen molar-refractivity contribution in [2.75, 3.05) is 59.5 Å². The quantitative estimate of drug-likeness (QED) is 0.558. The highest BCUT2D eigenvalue weighted by molar-refractivity contribution is 7.89. The van der Waals surface area contributed by atoms with E-state index in [2.05, 4.69) is 0 Å². The van der Waals surface area contributed by atoms with Crippen molar-refractivity contribution < 1.29 is 27.1 Å². The Bertz CT molecular complexity index is 779. The average molecular weight is 416 g/mol. The second-order valence-corrected chi connectivity index (χ2v) is 8.35. The van der Waals surface area contributed by atoms with E-state index < -0.39 is 21.7 Å². The largest absolute Gasteiger partial charge is 0.383 e. The highest BCUT2D eigenvalue weighted by Gasteiger charge is 2.30. The van der Waals surface area contributed by atoms with Crippen LogP contribution in [0.25, 0.3) is 0 Å². The van der Waals surface area contributed by atoms with E-state index in [1.54, 1.807) is 9.80 Å². The molecular weight excluding hydrogens is 391 g/mol. The molecule has 0 spiro atoms. The first-order valence-electron chi connectivity index (χ1n) is 8.77. The number of amides is 2. The topological polar surface area (TPSA) is 113 Å². The van der Waals surface area contributed by atoms with Crippen LogP contribution >= 0.6 is 0 Å². The average Bonchev–Trinajstić information content (AvgIpc) is 2.66. The number of carbonyl (C=O) groups excluding carboxylic acids is 2. The number of hydrogen-bond donors (Lipinski definition) is 1. The third-order valence-corrected chi connectivity index (χ3v) is 6.31. The van der Waals surface area contributed by atoms with E-state index >= 15 is 0 Å². The molecule has 1 aliphatic heterocycles. The van der Waals surface area contributed by atoms with Crippen LogP contribution in [0.4, 0.5) is 4.39 Å². The molecule has 11 heteroatoms. The molecule has 0 aromatic heterocycles. The number of ether oxygens (including phenoxy) is 1. The van der Waals surface area contributed by atoms with Crippen molar-refractivity contribution >= 4 is 21.8 Å². The van der Waals surface area contributed by atoms with Gasteiger partial charge in [0.25, 0.3) is 0 Å². The smallest absolute Gasteiger partial charge is 0.243 e. The molecule has 0 saturated carbocycles. The van der Waals surface area contributed by atoms with Gasteiger partial charge in [-0.15, -0.1) is 0 Å². The normalized spacial score (nSPS) is 15.8. The van der Waals surface area contributed by atoms with Gasteiger partial charge < -0.3 is 15.4 Å². The fraction of sp³-hybridized carbons (Fsp3) is 0.529. The Morgan fingerprint density at radius 2 is 1.75 bits per heavy atom. The maximum absolute atomic E-state index is 13.0. The summed E-state index contributed by atoms with van der Waals surface area (Å²) in [6.07, 6.45) is 0. The minimum absolute atomic E-state index is 0.00296. The fourth-order valence-corrected chi connectivity index (χ4v) is 4.30. The molecule has 0 atom stereocenters. The van der Waals surface area contributed by atoms with Gasteiger partial charge in [-0.1, -0.05) is 0 Å². The first-order chi connectivity index (χ1) is 13.2. The Kier molecular flexibility index (Phi) is 7.87. The highest BCUT2D eigenvalue weighted by atomic mass is 32.2. The van der Waals surface area contributed by atoms with E-state index in [1.807, 2.05) is 0 Å². The van der Waals surface area contributed by atoms with Crippen LogP contribution < -0.4 is 5.73 Å². The maximum atomic E-state index is 13.0. The molecule has 0 radical (unpaired) electrons. The summed E-state index contributed by atoms with van der Waals surface area (Å²) in [6, 6.07) is 4.64. The van der Waals surface area contributed by atoms with Crippen LogP contribution in [0, 0.1) is 5.82 Å². The third kappa shape index (κ3) is 5.96. The molecule has 28 heavy (non-hydrogen) atoms. The van der Waals surface area contributed by atoms with Crippen molar-refractivity contribution in [3.8, 4) is 0 Å². The number of sulfonamides is 1. The van der Waals surface area contributed by atoms with Crippen molar-refractivity contribution in [2.24, 2.45) is 5.73 Å². The lowest BCUT2D eigenvalue weighted by Gasteiger charge is -2.35. The van der Waals surface area contributed by atoms with E-state index in [-0.39, 0.29) is 50.1 Å². The van der Waals surface area contributed by atoms with Crippen molar-refractivity contribution in [3.63, 3.8) is 0 Å². The third-order valence-electron chi connectivity index (χ3n) is 4.39. The molecule has 1 saturated heterocycles. The number of piperazine rings is 1. The fourth-order valence-electron chi connectivity index (χ4n) is 2.88. The van der Waals surface area contributed by atoms with Gasteiger partial charge in [0.1, 0.15) is 5.82 Å². The molecule has 156 valence electrons. The number of methoxy groups -OCH3 is 1. The molecule has 0 unspecified atom stereocenters. The molecule has 1 aromatic rings. The molecule has 2 amide bonds. The van der Waals surface area contributed by atoms with Gasteiger partial charge in [0.2, 0.25) is 21.8 Å². The van der Waals surface area contributed by atoms with Crippen LogP contribution in [0.3, 0.4) is 0 Å². The van der Waals surface area contributed by atoms with Crippen molar-refractivity contribution in [1.82, 2.24) is 14.1 Å². The second kappa shape index (κ2) is 9.92.